The maximum absolute atomic E-state index is 5.83. The summed E-state index contributed by atoms with van der Waals surface area (Å²) in [6, 6.07) is 0.909. The van der Waals surface area contributed by atoms with E-state index in [-0.39, 0.29) is 0 Å². The van der Waals surface area contributed by atoms with E-state index in [1.54, 1.807) is 0 Å². The Morgan fingerprint density at radius 1 is 1.41 bits per heavy atom. The van der Waals surface area contributed by atoms with Gasteiger partial charge in [0.05, 0.1) is 0 Å². The fourth-order valence-corrected chi connectivity index (χ4v) is 2.39. The summed E-state index contributed by atoms with van der Waals surface area (Å²) in [7, 11) is 0. The largest absolute Gasteiger partial charge is 0.370 e. The number of nitrogens with one attached hydrogen (secondary N) is 1. The van der Waals surface area contributed by atoms with Gasteiger partial charge in [-0.2, -0.15) is 0 Å². The van der Waals surface area contributed by atoms with Gasteiger partial charge in [0.25, 0.3) is 0 Å². The second-order valence-corrected chi connectivity index (χ2v) is 5.88. The van der Waals surface area contributed by atoms with Crippen LogP contribution in [0.4, 0.5) is 0 Å². The number of nitrogens with zero attached hydrogens (tertiary/aromatic N) is 2. The average Bonchev–Trinajstić information content (AvgIpc) is 3.04. The first kappa shape index (κ1) is 12.7. The van der Waals surface area contributed by atoms with Gasteiger partial charge in [-0.1, -0.05) is 13.8 Å². The lowest BCUT2D eigenvalue weighted by molar-refractivity contribution is 0.314. The van der Waals surface area contributed by atoms with Crippen LogP contribution in [0.5, 0.6) is 0 Å². The summed E-state index contributed by atoms with van der Waals surface area (Å²) in [4.78, 5) is 6.95. The molecule has 3 N–H and O–H groups in total. The fraction of sp³-hybridized carbons (Fsp3) is 0.923. The third-order valence-corrected chi connectivity index (χ3v) is 3.58. The molecule has 1 atom stereocenters. The van der Waals surface area contributed by atoms with Crippen molar-refractivity contribution < 1.29 is 0 Å². The Labute approximate surface area is 105 Å². The van der Waals surface area contributed by atoms with E-state index in [1.165, 1.54) is 32.4 Å². The van der Waals surface area contributed by atoms with Crippen LogP contribution in [0.3, 0.4) is 0 Å². The quantitative estimate of drug-likeness (QED) is 0.555. The normalized spacial score (nSPS) is 26.8. The summed E-state index contributed by atoms with van der Waals surface area (Å²) in [6.45, 7) is 8.63. The molecule has 2 aliphatic rings. The van der Waals surface area contributed by atoms with Crippen molar-refractivity contribution in [2.75, 3.05) is 26.2 Å². The number of likely N-dealkylation sites (tertiary alicyclic amines) is 1. The predicted molar refractivity (Wildman–Crippen MR) is 72.0 cm³/mol. The lowest BCUT2D eigenvalue weighted by atomic mass is 10.1. The molecule has 2 rings (SSSR count). The summed E-state index contributed by atoms with van der Waals surface area (Å²) in [6.07, 6.45) is 4.14. The van der Waals surface area contributed by atoms with Crippen molar-refractivity contribution in [1.29, 1.82) is 0 Å². The Bertz CT molecular complexity index is 271. The number of nitrogens with two attached hydrogens (primary N) is 1. The smallest absolute Gasteiger partial charge is 0.188 e. The Morgan fingerprint density at radius 2 is 2.18 bits per heavy atom. The lowest BCUT2D eigenvalue weighted by Crippen LogP contribution is -2.36. The first-order valence-electron chi connectivity index (χ1n) is 6.93. The van der Waals surface area contributed by atoms with Gasteiger partial charge in [-0.25, -0.2) is 0 Å². The van der Waals surface area contributed by atoms with Gasteiger partial charge in [0, 0.05) is 25.7 Å². The summed E-state index contributed by atoms with van der Waals surface area (Å²) in [5.41, 5.74) is 5.83. The molecule has 2 fully saturated rings. The molecule has 0 bridgehead atoms. The molecule has 1 saturated carbocycles. The summed E-state index contributed by atoms with van der Waals surface area (Å²) in [5.74, 6) is 1.94. The van der Waals surface area contributed by atoms with Crippen molar-refractivity contribution in [3.05, 3.63) is 0 Å². The Morgan fingerprint density at radius 3 is 2.82 bits per heavy atom. The Kier molecular flexibility index (Phi) is 4.26. The van der Waals surface area contributed by atoms with Gasteiger partial charge in [0.2, 0.25) is 0 Å². The van der Waals surface area contributed by atoms with Crippen molar-refractivity contribution in [2.24, 2.45) is 22.6 Å². The van der Waals surface area contributed by atoms with Gasteiger partial charge >= 0.3 is 0 Å². The van der Waals surface area contributed by atoms with Gasteiger partial charge in [0.15, 0.2) is 5.96 Å². The maximum atomic E-state index is 5.83. The molecule has 0 spiro atoms. The number of aliphatic imine (C=N–C) groups is 1. The maximum Gasteiger partial charge on any atom is 0.188 e. The standard InChI is InChI=1S/C13H26N4/c1-10(2)7-15-13(14)16-8-11-5-6-17(9-11)12-3-4-12/h10-12H,3-9H2,1-2H3,(H3,14,15,16). The molecular formula is C13H26N4. The highest BCUT2D eigenvalue weighted by atomic mass is 15.2. The van der Waals surface area contributed by atoms with Crippen LogP contribution >= 0.6 is 0 Å². The molecule has 0 amide bonds. The second kappa shape index (κ2) is 5.71. The molecule has 1 aliphatic heterocycles. The third kappa shape index (κ3) is 4.19. The topological polar surface area (TPSA) is 53.6 Å². The van der Waals surface area contributed by atoms with Crippen molar-refractivity contribution in [2.45, 2.75) is 39.2 Å². The average molecular weight is 238 g/mol. The molecule has 98 valence electrons. The molecule has 0 radical (unpaired) electrons. The monoisotopic (exact) mass is 238 g/mol. The highest BCUT2D eigenvalue weighted by Crippen LogP contribution is 2.31. The van der Waals surface area contributed by atoms with Crippen LogP contribution in [-0.4, -0.2) is 43.1 Å². The van der Waals surface area contributed by atoms with Crippen LogP contribution in [0.2, 0.25) is 0 Å². The highest BCUT2D eigenvalue weighted by molar-refractivity contribution is 5.77. The molecular weight excluding hydrogens is 212 g/mol. The molecule has 1 aliphatic carbocycles. The van der Waals surface area contributed by atoms with Crippen LogP contribution in [0, 0.1) is 11.8 Å². The molecule has 4 nitrogen and oxygen atoms in total. The van der Waals surface area contributed by atoms with E-state index in [4.69, 9.17) is 5.73 Å². The molecule has 1 heterocycles. The van der Waals surface area contributed by atoms with Crippen LogP contribution in [-0.2, 0) is 0 Å². The third-order valence-electron chi connectivity index (χ3n) is 3.58. The van der Waals surface area contributed by atoms with E-state index in [1.807, 2.05) is 0 Å². The number of hydrogen-bond acceptors (Lipinski definition) is 2. The first-order chi connectivity index (χ1) is 8.15. The molecule has 4 heteroatoms. The molecule has 17 heavy (non-hydrogen) atoms. The minimum Gasteiger partial charge on any atom is -0.370 e. The van der Waals surface area contributed by atoms with Gasteiger partial charge in [0.1, 0.15) is 0 Å². The zero-order valence-electron chi connectivity index (χ0n) is 11.2. The number of rotatable bonds is 5. The summed E-state index contributed by atoms with van der Waals surface area (Å²) in [5, 5.41) is 3.26. The van der Waals surface area contributed by atoms with E-state index >= 15 is 0 Å². The van der Waals surface area contributed by atoms with Gasteiger partial charge in [-0.3, -0.25) is 4.99 Å². The summed E-state index contributed by atoms with van der Waals surface area (Å²) < 4.78 is 0. The fourth-order valence-electron chi connectivity index (χ4n) is 2.39. The Hall–Kier alpha value is -0.770. The SMILES string of the molecule is CC(C)CN=C(N)NCC1CCN(C2CC2)C1. The molecule has 1 saturated heterocycles. The minimum absolute atomic E-state index is 0.576. The molecule has 0 aromatic carbocycles. The predicted octanol–water partition coefficient (Wildman–Crippen LogP) is 1.03. The van der Waals surface area contributed by atoms with E-state index in [9.17, 15) is 0 Å². The van der Waals surface area contributed by atoms with E-state index in [0.717, 1.165) is 25.0 Å². The zero-order chi connectivity index (χ0) is 12.3. The minimum atomic E-state index is 0.576. The van der Waals surface area contributed by atoms with Crippen molar-refractivity contribution in [1.82, 2.24) is 10.2 Å². The van der Waals surface area contributed by atoms with Gasteiger partial charge in [-0.15, -0.1) is 0 Å². The lowest BCUT2D eigenvalue weighted by Gasteiger charge is -2.15. The van der Waals surface area contributed by atoms with Crippen LogP contribution in [0.25, 0.3) is 0 Å². The van der Waals surface area contributed by atoms with Crippen molar-refractivity contribution in [3.63, 3.8) is 0 Å². The van der Waals surface area contributed by atoms with Gasteiger partial charge in [-0.05, 0) is 37.6 Å². The number of hydrogen-bond donors (Lipinski definition) is 2. The van der Waals surface area contributed by atoms with E-state index in [0.29, 0.717) is 11.9 Å². The summed E-state index contributed by atoms with van der Waals surface area (Å²) >= 11 is 0. The van der Waals surface area contributed by atoms with Crippen LogP contribution in [0.1, 0.15) is 33.1 Å². The molecule has 0 aromatic heterocycles. The molecule has 1 unspecified atom stereocenters. The molecule has 0 aromatic rings. The second-order valence-electron chi connectivity index (χ2n) is 5.88. The zero-order valence-corrected chi connectivity index (χ0v) is 11.2. The van der Waals surface area contributed by atoms with Crippen molar-refractivity contribution >= 4 is 5.96 Å². The van der Waals surface area contributed by atoms with E-state index in [2.05, 4.69) is 29.1 Å². The Balaban J connectivity index is 1.63. The highest BCUT2D eigenvalue weighted by Gasteiger charge is 2.34. The van der Waals surface area contributed by atoms with Crippen LogP contribution in [0.15, 0.2) is 4.99 Å². The van der Waals surface area contributed by atoms with Gasteiger partial charge < -0.3 is 16.0 Å². The van der Waals surface area contributed by atoms with Crippen molar-refractivity contribution in [3.8, 4) is 0 Å². The number of guanidine groups is 1. The first-order valence-corrected chi connectivity index (χ1v) is 6.93. The van der Waals surface area contributed by atoms with E-state index < -0.39 is 0 Å². The van der Waals surface area contributed by atoms with Crippen LogP contribution < -0.4 is 11.1 Å².